The minimum Gasteiger partial charge on any atom is -0.481 e. The summed E-state index contributed by atoms with van der Waals surface area (Å²) in [5, 5.41) is 13.0. The number of hydrogen-bond acceptors (Lipinski definition) is 3. The number of benzene rings is 1. The van der Waals surface area contributed by atoms with Crippen LogP contribution in [0.5, 0.6) is 0 Å². The highest BCUT2D eigenvalue weighted by atomic mass is 16.4. The minimum atomic E-state index is -1.07. The summed E-state index contributed by atoms with van der Waals surface area (Å²) in [5.74, 6) is -1.68. The maximum atomic E-state index is 11.4. The van der Waals surface area contributed by atoms with Crippen LogP contribution in [0.1, 0.15) is 24.0 Å². The number of aryl methyl sites for hydroxylation is 1. The molecule has 0 aromatic heterocycles. The van der Waals surface area contributed by atoms with Gasteiger partial charge in [-0.05, 0) is 18.1 Å². The summed E-state index contributed by atoms with van der Waals surface area (Å²) >= 11 is 0. The first-order valence-electron chi connectivity index (χ1n) is 5.83. The van der Waals surface area contributed by atoms with Crippen molar-refractivity contribution < 1.29 is 19.5 Å². The first-order chi connectivity index (χ1) is 8.99. The fourth-order valence-corrected chi connectivity index (χ4v) is 1.44. The standard InChI is InChI=1S/C13H16N2O4/c1-9-4-2-3-5-10(9)8-14-13(19)15-11(16)6-7-12(17)18/h2-5H,6-8H2,1H3,(H,17,18)(H2,14,15,16,19). The van der Waals surface area contributed by atoms with Gasteiger partial charge in [0.2, 0.25) is 5.91 Å². The van der Waals surface area contributed by atoms with Crippen molar-refractivity contribution in [2.45, 2.75) is 26.3 Å². The Labute approximate surface area is 110 Å². The van der Waals surface area contributed by atoms with Gasteiger partial charge in [-0.1, -0.05) is 24.3 Å². The molecule has 3 N–H and O–H groups in total. The molecule has 19 heavy (non-hydrogen) atoms. The van der Waals surface area contributed by atoms with Crippen LogP contribution in [0.15, 0.2) is 24.3 Å². The molecule has 0 aliphatic rings. The van der Waals surface area contributed by atoms with E-state index in [1.54, 1.807) is 0 Å². The Hall–Kier alpha value is -2.37. The first-order valence-corrected chi connectivity index (χ1v) is 5.83. The molecule has 0 bridgehead atoms. The van der Waals surface area contributed by atoms with Crippen LogP contribution in [-0.4, -0.2) is 23.0 Å². The van der Waals surface area contributed by atoms with Gasteiger partial charge in [0.15, 0.2) is 0 Å². The minimum absolute atomic E-state index is 0.215. The van der Waals surface area contributed by atoms with E-state index in [0.717, 1.165) is 11.1 Å². The second kappa shape index (κ2) is 7.15. The van der Waals surface area contributed by atoms with Crippen LogP contribution in [0.4, 0.5) is 4.79 Å². The number of aliphatic carboxylic acids is 1. The lowest BCUT2D eigenvalue weighted by molar-refractivity contribution is -0.138. The van der Waals surface area contributed by atoms with E-state index in [1.807, 2.05) is 31.2 Å². The highest BCUT2D eigenvalue weighted by Crippen LogP contribution is 2.05. The predicted octanol–water partition coefficient (Wildman–Crippen LogP) is 1.19. The molecule has 1 aromatic carbocycles. The molecule has 0 fully saturated rings. The number of rotatable bonds is 5. The van der Waals surface area contributed by atoms with E-state index in [2.05, 4.69) is 10.6 Å². The fraction of sp³-hybridized carbons (Fsp3) is 0.308. The zero-order valence-corrected chi connectivity index (χ0v) is 10.6. The Bertz CT molecular complexity index is 485. The van der Waals surface area contributed by atoms with E-state index in [1.165, 1.54) is 0 Å². The van der Waals surface area contributed by atoms with Gasteiger partial charge >= 0.3 is 12.0 Å². The van der Waals surface area contributed by atoms with Crippen LogP contribution in [-0.2, 0) is 16.1 Å². The normalized spacial score (nSPS) is 9.74. The maximum Gasteiger partial charge on any atom is 0.321 e. The number of carboxylic acids is 1. The van der Waals surface area contributed by atoms with Crippen molar-refractivity contribution in [1.29, 1.82) is 0 Å². The molecule has 102 valence electrons. The lowest BCUT2D eigenvalue weighted by atomic mass is 10.1. The second-order valence-corrected chi connectivity index (χ2v) is 4.05. The Morgan fingerprint density at radius 2 is 1.84 bits per heavy atom. The van der Waals surface area contributed by atoms with Gasteiger partial charge in [0.1, 0.15) is 0 Å². The molecule has 1 rings (SSSR count). The molecular weight excluding hydrogens is 248 g/mol. The van der Waals surface area contributed by atoms with Gasteiger partial charge in [-0.25, -0.2) is 4.79 Å². The number of imide groups is 1. The molecule has 1 aromatic rings. The summed E-state index contributed by atoms with van der Waals surface area (Å²) in [5.41, 5.74) is 2.00. The topological polar surface area (TPSA) is 95.5 Å². The highest BCUT2D eigenvalue weighted by molar-refractivity contribution is 5.95. The van der Waals surface area contributed by atoms with Gasteiger partial charge in [-0.15, -0.1) is 0 Å². The number of carboxylic acid groups (broad SMARTS) is 1. The highest BCUT2D eigenvalue weighted by Gasteiger charge is 2.09. The van der Waals surface area contributed by atoms with Crippen LogP contribution in [0.2, 0.25) is 0 Å². The summed E-state index contributed by atoms with van der Waals surface area (Å²) in [4.78, 5) is 32.9. The molecule has 0 atom stereocenters. The van der Waals surface area contributed by atoms with E-state index in [-0.39, 0.29) is 12.8 Å². The van der Waals surface area contributed by atoms with Crippen molar-refractivity contribution in [2.75, 3.05) is 0 Å². The molecule has 0 heterocycles. The monoisotopic (exact) mass is 264 g/mol. The maximum absolute atomic E-state index is 11.4. The number of amides is 3. The zero-order chi connectivity index (χ0) is 14.3. The van der Waals surface area contributed by atoms with Crippen LogP contribution >= 0.6 is 0 Å². The van der Waals surface area contributed by atoms with E-state index < -0.39 is 17.9 Å². The van der Waals surface area contributed by atoms with E-state index in [4.69, 9.17) is 5.11 Å². The number of hydrogen-bond donors (Lipinski definition) is 3. The number of nitrogens with one attached hydrogen (secondary N) is 2. The largest absolute Gasteiger partial charge is 0.481 e. The Balaban J connectivity index is 2.34. The molecule has 0 aliphatic heterocycles. The van der Waals surface area contributed by atoms with E-state index in [9.17, 15) is 14.4 Å². The Morgan fingerprint density at radius 3 is 2.47 bits per heavy atom. The predicted molar refractivity (Wildman–Crippen MR) is 68.4 cm³/mol. The van der Waals surface area contributed by atoms with E-state index in [0.29, 0.717) is 6.54 Å². The molecule has 6 nitrogen and oxygen atoms in total. The first kappa shape index (κ1) is 14.7. The number of urea groups is 1. The van der Waals surface area contributed by atoms with Gasteiger partial charge in [-0.3, -0.25) is 14.9 Å². The third-order valence-electron chi connectivity index (χ3n) is 2.52. The molecule has 0 saturated heterocycles. The Morgan fingerprint density at radius 1 is 1.16 bits per heavy atom. The van der Waals surface area contributed by atoms with Crippen LogP contribution in [0, 0.1) is 6.92 Å². The molecule has 0 saturated carbocycles. The van der Waals surface area contributed by atoms with Crippen molar-refractivity contribution >= 4 is 17.9 Å². The average Bonchev–Trinajstić information content (AvgIpc) is 2.35. The van der Waals surface area contributed by atoms with Crippen molar-refractivity contribution in [3.05, 3.63) is 35.4 Å². The lowest BCUT2D eigenvalue weighted by Crippen LogP contribution is -2.39. The molecule has 0 unspecified atom stereocenters. The van der Waals surface area contributed by atoms with Crippen molar-refractivity contribution in [2.24, 2.45) is 0 Å². The molecule has 0 radical (unpaired) electrons. The number of carbonyl (C=O) groups is 3. The SMILES string of the molecule is Cc1ccccc1CNC(=O)NC(=O)CCC(=O)O. The summed E-state index contributed by atoms with van der Waals surface area (Å²) in [6.45, 7) is 2.23. The Kier molecular flexibility index (Phi) is 5.53. The zero-order valence-electron chi connectivity index (χ0n) is 10.6. The quantitative estimate of drug-likeness (QED) is 0.744. The van der Waals surface area contributed by atoms with Crippen molar-refractivity contribution in [3.8, 4) is 0 Å². The fourth-order valence-electron chi connectivity index (χ4n) is 1.44. The van der Waals surface area contributed by atoms with Crippen LogP contribution in [0.25, 0.3) is 0 Å². The van der Waals surface area contributed by atoms with Gasteiger partial charge in [0, 0.05) is 13.0 Å². The summed E-state index contributed by atoms with van der Waals surface area (Å²) < 4.78 is 0. The van der Waals surface area contributed by atoms with E-state index >= 15 is 0 Å². The molecule has 6 heteroatoms. The van der Waals surface area contributed by atoms with Gasteiger partial charge in [0.25, 0.3) is 0 Å². The van der Waals surface area contributed by atoms with Crippen LogP contribution in [0.3, 0.4) is 0 Å². The third kappa shape index (κ3) is 5.67. The van der Waals surface area contributed by atoms with Crippen molar-refractivity contribution in [1.82, 2.24) is 10.6 Å². The number of carbonyl (C=O) groups excluding carboxylic acids is 2. The van der Waals surface area contributed by atoms with Crippen LogP contribution < -0.4 is 10.6 Å². The van der Waals surface area contributed by atoms with Gasteiger partial charge < -0.3 is 10.4 Å². The lowest BCUT2D eigenvalue weighted by Gasteiger charge is -2.08. The van der Waals surface area contributed by atoms with Crippen molar-refractivity contribution in [3.63, 3.8) is 0 Å². The summed E-state index contributed by atoms with van der Waals surface area (Å²) in [6.07, 6.45) is -0.510. The van der Waals surface area contributed by atoms with Gasteiger partial charge in [0.05, 0.1) is 6.42 Å². The van der Waals surface area contributed by atoms with Gasteiger partial charge in [-0.2, -0.15) is 0 Å². The molecular formula is C13H16N2O4. The summed E-state index contributed by atoms with van der Waals surface area (Å²) in [7, 11) is 0. The molecule has 0 spiro atoms. The summed E-state index contributed by atoms with van der Waals surface area (Å²) in [6, 6.07) is 6.93. The third-order valence-corrected chi connectivity index (χ3v) is 2.52. The second-order valence-electron chi connectivity index (χ2n) is 4.05. The molecule has 0 aliphatic carbocycles. The smallest absolute Gasteiger partial charge is 0.321 e. The molecule has 3 amide bonds. The average molecular weight is 264 g/mol.